The fraction of sp³-hybridized carbons (Fsp3) is 0.889. The number of ether oxygens (including phenoxy) is 1. The van der Waals surface area contributed by atoms with Crippen LogP contribution in [0.1, 0.15) is 32.6 Å². The average Bonchev–Trinajstić information content (AvgIpc) is 1.98. The van der Waals surface area contributed by atoms with Crippen molar-refractivity contribution >= 4 is 0 Å². The van der Waals surface area contributed by atoms with Crippen LogP contribution >= 0.6 is 0 Å². The summed E-state index contributed by atoms with van der Waals surface area (Å²) in [7, 11) is 1.76. The van der Waals surface area contributed by atoms with Crippen LogP contribution in [0.3, 0.4) is 0 Å². The van der Waals surface area contributed by atoms with Gasteiger partial charge in [-0.05, 0) is 12.3 Å². The van der Waals surface area contributed by atoms with E-state index in [1.807, 2.05) is 0 Å². The van der Waals surface area contributed by atoms with Gasteiger partial charge in [-0.2, -0.15) is 0 Å². The Morgan fingerprint density at radius 2 is 2.10 bits per heavy atom. The first-order chi connectivity index (χ1) is 4.85. The highest BCUT2D eigenvalue weighted by atomic mass is 16.5. The van der Waals surface area contributed by atoms with Crippen LogP contribution in [0.5, 0.6) is 0 Å². The van der Waals surface area contributed by atoms with Crippen molar-refractivity contribution in [3.8, 4) is 0 Å². The van der Waals surface area contributed by atoms with E-state index in [4.69, 9.17) is 4.74 Å². The zero-order valence-electron chi connectivity index (χ0n) is 7.23. The van der Waals surface area contributed by atoms with Crippen molar-refractivity contribution in [2.24, 2.45) is 5.92 Å². The topological polar surface area (TPSA) is 9.23 Å². The second-order valence-electron chi connectivity index (χ2n) is 2.72. The van der Waals surface area contributed by atoms with E-state index in [-0.39, 0.29) is 0 Å². The van der Waals surface area contributed by atoms with Gasteiger partial charge in [0.25, 0.3) is 0 Å². The lowest BCUT2D eigenvalue weighted by atomic mass is 9.98. The third kappa shape index (κ3) is 4.80. The number of methoxy groups -OCH3 is 1. The minimum atomic E-state index is 0.782. The summed E-state index contributed by atoms with van der Waals surface area (Å²) in [5.41, 5.74) is 0. The molecule has 0 rings (SSSR count). The van der Waals surface area contributed by atoms with E-state index in [0.29, 0.717) is 0 Å². The van der Waals surface area contributed by atoms with Crippen LogP contribution < -0.4 is 0 Å². The van der Waals surface area contributed by atoms with Gasteiger partial charge in [0.15, 0.2) is 0 Å². The van der Waals surface area contributed by atoms with E-state index in [9.17, 15) is 0 Å². The molecule has 61 valence electrons. The Morgan fingerprint density at radius 1 is 1.40 bits per heavy atom. The van der Waals surface area contributed by atoms with Crippen molar-refractivity contribution in [1.82, 2.24) is 0 Å². The molecule has 0 aliphatic carbocycles. The molecule has 0 heterocycles. The predicted molar refractivity (Wildman–Crippen MR) is 44.9 cm³/mol. The third-order valence-electron chi connectivity index (χ3n) is 1.84. The Balaban J connectivity index is 3.21. The Kier molecular flexibility index (Phi) is 7.04. The number of hydrogen-bond acceptors (Lipinski definition) is 1. The van der Waals surface area contributed by atoms with Gasteiger partial charge in [-0.15, -0.1) is 0 Å². The monoisotopic (exact) mass is 143 g/mol. The minimum absolute atomic E-state index is 0.782. The van der Waals surface area contributed by atoms with Gasteiger partial charge in [0.05, 0.1) is 0 Å². The first-order valence-corrected chi connectivity index (χ1v) is 4.13. The normalized spacial score (nSPS) is 13.5. The van der Waals surface area contributed by atoms with Gasteiger partial charge in [-0.3, -0.25) is 0 Å². The highest BCUT2D eigenvalue weighted by molar-refractivity contribution is 4.59. The first kappa shape index (κ1) is 9.96. The van der Waals surface area contributed by atoms with Gasteiger partial charge in [-0.1, -0.05) is 33.1 Å². The lowest BCUT2D eigenvalue weighted by Crippen LogP contribution is -2.02. The van der Waals surface area contributed by atoms with Gasteiger partial charge in [0.2, 0.25) is 0 Å². The summed E-state index contributed by atoms with van der Waals surface area (Å²) >= 11 is 0. The lowest BCUT2D eigenvalue weighted by Gasteiger charge is -2.11. The fourth-order valence-electron chi connectivity index (χ4n) is 1.13. The third-order valence-corrected chi connectivity index (χ3v) is 1.84. The van der Waals surface area contributed by atoms with Crippen molar-refractivity contribution in [2.75, 3.05) is 13.7 Å². The van der Waals surface area contributed by atoms with Crippen molar-refractivity contribution < 1.29 is 4.74 Å². The van der Waals surface area contributed by atoms with Gasteiger partial charge in [-0.25, -0.2) is 0 Å². The van der Waals surface area contributed by atoms with Crippen molar-refractivity contribution in [1.29, 1.82) is 0 Å². The maximum absolute atomic E-state index is 4.99. The zero-order chi connectivity index (χ0) is 7.82. The summed E-state index contributed by atoms with van der Waals surface area (Å²) in [6.45, 7) is 7.01. The number of rotatable bonds is 6. The summed E-state index contributed by atoms with van der Waals surface area (Å²) in [6.07, 6.45) is 4.79. The molecule has 1 unspecified atom stereocenters. The van der Waals surface area contributed by atoms with E-state index in [1.165, 1.54) is 19.3 Å². The van der Waals surface area contributed by atoms with Gasteiger partial charge >= 0.3 is 0 Å². The summed E-state index contributed by atoms with van der Waals surface area (Å²) in [4.78, 5) is 0. The summed E-state index contributed by atoms with van der Waals surface area (Å²) in [5.74, 6) is 0.782. The maximum atomic E-state index is 4.99. The largest absolute Gasteiger partial charge is 0.385 e. The molecule has 1 heteroatoms. The van der Waals surface area contributed by atoms with E-state index in [0.717, 1.165) is 18.9 Å². The molecule has 0 spiro atoms. The highest BCUT2D eigenvalue weighted by Gasteiger charge is 2.02. The molecule has 0 aromatic rings. The summed E-state index contributed by atoms with van der Waals surface area (Å²) < 4.78 is 4.99. The molecule has 1 nitrogen and oxygen atoms in total. The lowest BCUT2D eigenvalue weighted by molar-refractivity contribution is 0.175. The van der Waals surface area contributed by atoms with E-state index < -0.39 is 0 Å². The van der Waals surface area contributed by atoms with Crippen LogP contribution in [0.25, 0.3) is 0 Å². The highest BCUT2D eigenvalue weighted by Crippen LogP contribution is 2.14. The first-order valence-electron chi connectivity index (χ1n) is 4.13. The van der Waals surface area contributed by atoms with Crippen LogP contribution in [0.2, 0.25) is 0 Å². The van der Waals surface area contributed by atoms with Crippen molar-refractivity contribution in [2.45, 2.75) is 32.6 Å². The van der Waals surface area contributed by atoms with E-state index >= 15 is 0 Å². The minimum Gasteiger partial charge on any atom is -0.385 e. The maximum Gasteiger partial charge on any atom is 0.0464 e. The van der Waals surface area contributed by atoms with Crippen LogP contribution in [-0.2, 0) is 4.74 Å². The van der Waals surface area contributed by atoms with Crippen LogP contribution in [0, 0.1) is 12.8 Å². The molecule has 1 radical (unpaired) electrons. The second kappa shape index (κ2) is 7.07. The smallest absolute Gasteiger partial charge is 0.0464 e. The molecule has 0 saturated carbocycles. The molecular formula is C9H19O. The molecule has 0 bridgehead atoms. The van der Waals surface area contributed by atoms with E-state index in [2.05, 4.69) is 13.8 Å². The van der Waals surface area contributed by atoms with Gasteiger partial charge in [0, 0.05) is 13.7 Å². The van der Waals surface area contributed by atoms with E-state index in [1.54, 1.807) is 7.11 Å². The second-order valence-corrected chi connectivity index (χ2v) is 2.72. The average molecular weight is 143 g/mol. The Morgan fingerprint density at radius 3 is 2.50 bits per heavy atom. The van der Waals surface area contributed by atoms with Crippen LogP contribution in [0.15, 0.2) is 0 Å². The van der Waals surface area contributed by atoms with Crippen LogP contribution in [0.4, 0.5) is 0 Å². The molecule has 0 aliphatic rings. The van der Waals surface area contributed by atoms with Gasteiger partial charge in [0.1, 0.15) is 0 Å². The Labute approximate surface area is 64.8 Å². The quantitative estimate of drug-likeness (QED) is 0.555. The molecule has 0 aromatic heterocycles. The molecule has 0 N–H and O–H groups in total. The predicted octanol–water partition coefficient (Wildman–Crippen LogP) is 2.66. The number of hydrogen-bond donors (Lipinski definition) is 0. The Bertz CT molecular complexity index is 61.7. The molecule has 1 atom stereocenters. The fourth-order valence-corrected chi connectivity index (χ4v) is 1.13. The molecule has 0 aromatic carbocycles. The molecule has 0 amide bonds. The van der Waals surface area contributed by atoms with Crippen molar-refractivity contribution in [3.63, 3.8) is 0 Å². The van der Waals surface area contributed by atoms with Gasteiger partial charge < -0.3 is 4.74 Å². The zero-order valence-corrected chi connectivity index (χ0v) is 7.23. The summed E-state index contributed by atoms with van der Waals surface area (Å²) in [6, 6.07) is 0. The van der Waals surface area contributed by atoms with Crippen molar-refractivity contribution in [3.05, 3.63) is 6.92 Å². The SMILES string of the molecule is [CH2]CC(CCC)CCOC. The molecule has 0 aliphatic heterocycles. The van der Waals surface area contributed by atoms with Crippen LogP contribution in [-0.4, -0.2) is 13.7 Å². The standard InChI is InChI=1S/C9H19O/c1-4-6-9(5-2)7-8-10-3/h9H,2,4-8H2,1,3H3. The molecular weight excluding hydrogens is 124 g/mol. The molecule has 0 saturated heterocycles. The molecule has 10 heavy (non-hydrogen) atoms. The Hall–Kier alpha value is -0.0400. The molecule has 0 fully saturated rings. The summed E-state index contributed by atoms with van der Waals surface area (Å²) in [5, 5.41) is 0.